The molecule has 0 aromatic carbocycles. The summed E-state index contributed by atoms with van der Waals surface area (Å²) in [5.41, 5.74) is 1.40. The van der Waals surface area contributed by atoms with E-state index in [9.17, 15) is 4.79 Å². The lowest BCUT2D eigenvalue weighted by molar-refractivity contribution is -0.180. The minimum absolute atomic E-state index is 0.0584. The van der Waals surface area contributed by atoms with Crippen LogP contribution in [0.15, 0.2) is 11.6 Å². The van der Waals surface area contributed by atoms with Gasteiger partial charge in [0.05, 0.1) is 19.3 Å². The summed E-state index contributed by atoms with van der Waals surface area (Å²) in [5.74, 6) is 1.15. The number of carbonyl (C=O) groups is 1. The second-order valence-corrected chi connectivity index (χ2v) is 7.37. The van der Waals surface area contributed by atoms with E-state index < -0.39 is 0 Å². The predicted molar refractivity (Wildman–Crippen MR) is 88.5 cm³/mol. The summed E-state index contributed by atoms with van der Waals surface area (Å²) in [6, 6.07) is 0. The van der Waals surface area contributed by atoms with Gasteiger partial charge < -0.3 is 9.47 Å². The number of carbonyl (C=O) groups excluding carboxylic acids is 1. The van der Waals surface area contributed by atoms with Crippen LogP contribution in [-0.2, 0) is 14.3 Å². The molecule has 1 fully saturated rings. The fraction of sp³-hybridized carbons (Fsp3) is 0.842. The first kappa shape index (κ1) is 17.5. The van der Waals surface area contributed by atoms with Crippen molar-refractivity contribution in [2.75, 3.05) is 13.2 Å². The second-order valence-electron chi connectivity index (χ2n) is 7.37. The van der Waals surface area contributed by atoms with E-state index >= 15 is 0 Å². The van der Waals surface area contributed by atoms with Crippen molar-refractivity contribution in [3.05, 3.63) is 11.6 Å². The molecule has 0 amide bonds. The minimum Gasteiger partial charge on any atom is -0.465 e. The first-order valence-electron chi connectivity index (χ1n) is 8.85. The quantitative estimate of drug-likeness (QED) is 0.415. The smallest absolute Gasteiger partial charge is 0.302 e. The van der Waals surface area contributed by atoms with Crippen LogP contribution in [0.25, 0.3) is 0 Å². The van der Waals surface area contributed by atoms with Gasteiger partial charge in [-0.05, 0) is 25.2 Å². The van der Waals surface area contributed by atoms with Gasteiger partial charge in [-0.15, -0.1) is 0 Å². The summed E-state index contributed by atoms with van der Waals surface area (Å²) in [6.45, 7) is 11.7. The largest absolute Gasteiger partial charge is 0.465 e. The summed E-state index contributed by atoms with van der Waals surface area (Å²) >= 11 is 0. The zero-order valence-electron chi connectivity index (χ0n) is 14.9. The number of allylic oxidation sites excluding steroid dienone is 1. The van der Waals surface area contributed by atoms with Crippen molar-refractivity contribution in [2.24, 2.45) is 23.2 Å². The molecular weight excluding hydrogens is 276 g/mol. The van der Waals surface area contributed by atoms with Crippen LogP contribution in [0.5, 0.6) is 0 Å². The van der Waals surface area contributed by atoms with Gasteiger partial charge in [-0.1, -0.05) is 51.7 Å². The van der Waals surface area contributed by atoms with Crippen LogP contribution in [0.1, 0.15) is 60.3 Å². The molecule has 0 aromatic rings. The highest BCUT2D eigenvalue weighted by atomic mass is 16.5. The zero-order chi connectivity index (χ0) is 16.3. The lowest BCUT2D eigenvalue weighted by atomic mass is 9.56. The van der Waals surface area contributed by atoms with E-state index in [0.29, 0.717) is 37.1 Å². The Balaban J connectivity index is 2.17. The third-order valence-electron chi connectivity index (χ3n) is 5.99. The molecule has 2 rings (SSSR count). The summed E-state index contributed by atoms with van der Waals surface area (Å²) in [4.78, 5) is 11.3. The Labute approximate surface area is 135 Å². The van der Waals surface area contributed by atoms with Crippen molar-refractivity contribution < 1.29 is 14.3 Å². The molecule has 126 valence electrons. The first-order valence-corrected chi connectivity index (χ1v) is 8.85. The van der Waals surface area contributed by atoms with Gasteiger partial charge in [0.15, 0.2) is 0 Å². The summed E-state index contributed by atoms with van der Waals surface area (Å²) in [5, 5.41) is 0. The predicted octanol–water partition coefficient (Wildman–Crippen LogP) is 4.36. The fourth-order valence-corrected chi connectivity index (χ4v) is 4.48. The molecule has 1 saturated heterocycles. The van der Waals surface area contributed by atoms with Crippen molar-refractivity contribution >= 4 is 5.97 Å². The van der Waals surface area contributed by atoms with Crippen LogP contribution in [0.2, 0.25) is 0 Å². The maximum absolute atomic E-state index is 11.3. The molecule has 5 atom stereocenters. The minimum atomic E-state index is -0.193. The van der Waals surface area contributed by atoms with Gasteiger partial charge in [-0.25, -0.2) is 0 Å². The average Bonchev–Trinajstić information content (AvgIpc) is 2.45. The van der Waals surface area contributed by atoms with E-state index in [-0.39, 0.29) is 11.4 Å². The summed E-state index contributed by atoms with van der Waals surface area (Å²) in [6.07, 6.45) is 7.63. The van der Waals surface area contributed by atoms with Crippen LogP contribution in [0.3, 0.4) is 0 Å². The van der Waals surface area contributed by atoms with E-state index in [2.05, 4.69) is 33.8 Å². The number of fused-ring (bicyclic) bond motifs is 2. The molecule has 1 aliphatic heterocycles. The van der Waals surface area contributed by atoms with E-state index in [1.54, 1.807) is 0 Å². The third-order valence-corrected chi connectivity index (χ3v) is 5.99. The Bertz CT molecular complexity index is 428. The second kappa shape index (κ2) is 7.16. The number of hydrogen-bond acceptors (Lipinski definition) is 3. The van der Waals surface area contributed by atoms with E-state index in [4.69, 9.17) is 9.47 Å². The Morgan fingerprint density at radius 1 is 1.41 bits per heavy atom. The Morgan fingerprint density at radius 2 is 2.14 bits per heavy atom. The van der Waals surface area contributed by atoms with Gasteiger partial charge in [-0.2, -0.15) is 0 Å². The van der Waals surface area contributed by atoms with E-state index in [1.165, 1.54) is 31.8 Å². The number of rotatable bonds is 6. The van der Waals surface area contributed by atoms with Gasteiger partial charge in [-0.3, -0.25) is 4.79 Å². The van der Waals surface area contributed by atoms with Crippen molar-refractivity contribution in [3.63, 3.8) is 0 Å². The molecule has 0 spiro atoms. The monoisotopic (exact) mass is 308 g/mol. The highest BCUT2D eigenvalue weighted by Gasteiger charge is 2.53. The molecule has 0 unspecified atom stereocenters. The lowest BCUT2D eigenvalue weighted by Crippen LogP contribution is -2.56. The molecule has 1 aliphatic carbocycles. The molecular formula is C19H32O3. The number of unbranched alkanes of at least 4 members (excludes halogenated alkanes) is 2. The fourth-order valence-electron chi connectivity index (χ4n) is 4.48. The molecule has 1 heterocycles. The summed E-state index contributed by atoms with van der Waals surface area (Å²) in [7, 11) is 0. The molecule has 22 heavy (non-hydrogen) atoms. The van der Waals surface area contributed by atoms with Gasteiger partial charge in [0.25, 0.3) is 0 Å². The van der Waals surface area contributed by atoms with Crippen LogP contribution < -0.4 is 0 Å². The standard InChI is InChI=1S/C19H32O3/c1-6-7-8-9-17-18-13(2)10-14(3)19(12-22-17,15(18)4)11-21-16(5)20/h10,14-15,17-18H,6-9,11-12H2,1-5H3/t14-,15-,17-,18-,19-/m0/s1. The van der Waals surface area contributed by atoms with Crippen LogP contribution in [0.4, 0.5) is 0 Å². The number of esters is 1. The van der Waals surface area contributed by atoms with Gasteiger partial charge in [0, 0.05) is 18.3 Å². The van der Waals surface area contributed by atoms with Crippen LogP contribution >= 0.6 is 0 Å². The third kappa shape index (κ3) is 3.24. The van der Waals surface area contributed by atoms with Gasteiger partial charge in [0.1, 0.15) is 0 Å². The van der Waals surface area contributed by atoms with Gasteiger partial charge in [0.2, 0.25) is 0 Å². The highest BCUT2D eigenvalue weighted by molar-refractivity contribution is 5.65. The maximum atomic E-state index is 11.3. The molecule has 3 nitrogen and oxygen atoms in total. The molecule has 0 N–H and O–H groups in total. The van der Waals surface area contributed by atoms with Crippen molar-refractivity contribution in [1.82, 2.24) is 0 Å². The van der Waals surface area contributed by atoms with Crippen molar-refractivity contribution in [1.29, 1.82) is 0 Å². The lowest BCUT2D eigenvalue weighted by Gasteiger charge is -2.55. The molecule has 0 aromatic heterocycles. The molecule has 0 radical (unpaired) electrons. The van der Waals surface area contributed by atoms with Crippen molar-refractivity contribution in [3.8, 4) is 0 Å². The average molecular weight is 308 g/mol. The topological polar surface area (TPSA) is 35.5 Å². The molecule has 3 heteroatoms. The zero-order valence-corrected chi connectivity index (χ0v) is 14.9. The highest BCUT2D eigenvalue weighted by Crippen LogP contribution is 2.53. The van der Waals surface area contributed by atoms with Gasteiger partial charge >= 0.3 is 5.97 Å². The molecule has 2 bridgehead atoms. The van der Waals surface area contributed by atoms with E-state index in [0.717, 1.165) is 6.42 Å². The Hall–Kier alpha value is -0.830. The first-order chi connectivity index (χ1) is 10.4. The number of ether oxygens (including phenoxy) is 2. The maximum Gasteiger partial charge on any atom is 0.302 e. The van der Waals surface area contributed by atoms with Crippen LogP contribution in [-0.4, -0.2) is 25.3 Å². The van der Waals surface area contributed by atoms with E-state index in [1.807, 2.05) is 0 Å². The summed E-state index contributed by atoms with van der Waals surface area (Å²) < 4.78 is 11.7. The normalized spacial score (nSPS) is 37.6. The van der Waals surface area contributed by atoms with Crippen LogP contribution in [0, 0.1) is 23.2 Å². The Morgan fingerprint density at radius 3 is 2.77 bits per heavy atom. The SMILES string of the molecule is CCCCC[C@@H]1OC[C@@]2(COC(C)=O)[C@@H](C)C=C(C)[C@H]1[C@@H]2C. The van der Waals surface area contributed by atoms with Crippen molar-refractivity contribution in [2.45, 2.75) is 66.4 Å². The Kier molecular flexibility index (Phi) is 5.70. The number of hydrogen-bond donors (Lipinski definition) is 0. The molecule has 0 saturated carbocycles. The molecule has 2 aliphatic rings.